The number of benzene rings is 1. The molecule has 1 aromatic carbocycles. The van der Waals surface area contributed by atoms with Crippen molar-refractivity contribution >= 4 is 17.6 Å². The first-order chi connectivity index (χ1) is 9.60. The third kappa shape index (κ3) is 3.50. The number of carboxylic acids is 1. The van der Waals surface area contributed by atoms with Gasteiger partial charge in [-0.25, -0.2) is 4.79 Å². The second kappa shape index (κ2) is 6.41. The third-order valence-electron chi connectivity index (χ3n) is 3.72. The van der Waals surface area contributed by atoms with Crippen molar-refractivity contribution in [3.05, 3.63) is 23.8 Å². The second-order valence-corrected chi connectivity index (χ2v) is 5.10. The normalized spacial score (nSPS) is 14.4. The maximum Gasteiger partial charge on any atom is 0.339 e. The van der Waals surface area contributed by atoms with Crippen LogP contribution in [0.5, 0.6) is 5.75 Å². The van der Waals surface area contributed by atoms with E-state index in [2.05, 4.69) is 5.32 Å². The fourth-order valence-electron chi connectivity index (χ4n) is 2.29. The zero-order chi connectivity index (χ0) is 14.5. The van der Waals surface area contributed by atoms with Crippen LogP contribution in [0.25, 0.3) is 0 Å². The average molecular weight is 277 g/mol. The maximum atomic E-state index is 11.8. The lowest BCUT2D eigenvalue weighted by molar-refractivity contribution is -0.116. The van der Waals surface area contributed by atoms with E-state index >= 15 is 0 Å². The number of aromatic carboxylic acids is 1. The first kappa shape index (κ1) is 14.4. The van der Waals surface area contributed by atoms with Crippen molar-refractivity contribution in [2.24, 2.45) is 5.92 Å². The van der Waals surface area contributed by atoms with Crippen molar-refractivity contribution in [3.63, 3.8) is 0 Å². The quantitative estimate of drug-likeness (QED) is 0.838. The number of amides is 1. The molecule has 0 spiro atoms. The number of nitrogens with one attached hydrogen (secondary N) is 1. The lowest BCUT2D eigenvalue weighted by Gasteiger charge is -2.24. The number of carbonyl (C=O) groups excluding carboxylic acids is 1. The summed E-state index contributed by atoms with van der Waals surface area (Å²) < 4.78 is 5.02. The zero-order valence-electron chi connectivity index (χ0n) is 11.5. The SMILES string of the molecule is COc1cc(NC(=O)CCC2CCC2)ccc1C(=O)O. The summed E-state index contributed by atoms with van der Waals surface area (Å²) >= 11 is 0. The van der Waals surface area contributed by atoms with E-state index in [9.17, 15) is 9.59 Å². The van der Waals surface area contributed by atoms with E-state index in [1.807, 2.05) is 0 Å². The van der Waals surface area contributed by atoms with Crippen molar-refractivity contribution in [2.45, 2.75) is 32.1 Å². The molecule has 1 saturated carbocycles. The minimum atomic E-state index is -1.05. The number of anilines is 1. The topological polar surface area (TPSA) is 75.6 Å². The highest BCUT2D eigenvalue weighted by molar-refractivity contribution is 5.94. The summed E-state index contributed by atoms with van der Waals surface area (Å²) in [4.78, 5) is 22.8. The largest absolute Gasteiger partial charge is 0.496 e. The van der Waals surface area contributed by atoms with Gasteiger partial charge in [0.1, 0.15) is 11.3 Å². The molecule has 5 heteroatoms. The van der Waals surface area contributed by atoms with Gasteiger partial charge in [-0.3, -0.25) is 4.79 Å². The number of methoxy groups -OCH3 is 1. The van der Waals surface area contributed by atoms with Crippen LogP contribution in [0.1, 0.15) is 42.5 Å². The Morgan fingerprint density at radius 1 is 1.40 bits per heavy atom. The van der Waals surface area contributed by atoms with E-state index in [1.54, 1.807) is 6.07 Å². The van der Waals surface area contributed by atoms with Crippen LogP contribution in [0, 0.1) is 5.92 Å². The van der Waals surface area contributed by atoms with Gasteiger partial charge in [-0.2, -0.15) is 0 Å². The molecule has 1 aliphatic carbocycles. The van der Waals surface area contributed by atoms with Crippen molar-refractivity contribution in [1.29, 1.82) is 0 Å². The van der Waals surface area contributed by atoms with Gasteiger partial charge in [-0.05, 0) is 24.5 Å². The Kier molecular flexibility index (Phi) is 4.61. The van der Waals surface area contributed by atoms with E-state index in [0.29, 0.717) is 18.0 Å². The van der Waals surface area contributed by atoms with E-state index in [0.717, 1.165) is 6.42 Å². The molecule has 0 aromatic heterocycles. The number of carboxylic acid groups (broad SMARTS) is 1. The summed E-state index contributed by atoms with van der Waals surface area (Å²) in [6.07, 6.45) is 5.17. The Hall–Kier alpha value is -2.04. The number of hydrogen-bond donors (Lipinski definition) is 2. The average Bonchev–Trinajstić information content (AvgIpc) is 2.36. The fourth-order valence-corrected chi connectivity index (χ4v) is 2.29. The van der Waals surface area contributed by atoms with Crippen molar-refractivity contribution in [2.75, 3.05) is 12.4 Å². The Labute approximate surface area is 117 Å². The zero-order valence-corrected chi connectivity index (χ0v) is 11.5. The highest BCUT2D eigenvalue weighted by atomic mass is 16.5. The molecule has 20 heavy (non-hydrogen) atoms. The standard InChI is InChI=1S/C15H19NO4/c1-20-13-9-11(6-7-12(13)15(18)19)16-14(17)8-5-10-3-2-4-10/h6-7,9-10H,2-5,8H2,1H3,(H,16,17)(H,18,19). The predicted molar refractivity (Wildman–Crippen MR) is 75.2 cm³/mol. The summed E-state index contributed by atoms with van der Waals surface area (Å²) in [5.74, 6) is -0.147. The van der Waals surface area contributed by atoms with Crippen molar-refractivity contribution < 1.29 is 19.4 Å². The molecule has 108 valence electrons. The Bertz CT molecular complexity index is 509. The van der Waals surface area contributed by atoms with Gasteiger partial charge in [0, 0.05) is 18.2 Å². The van der Waals surface area contributed by atoms with Crippen LogP contribution in [0.4, 0.5) is 5.69 Å². The van der Waals surface area contributed by atoms with Gasteiger partial charge in [0.15, 0.2) is 0 Å². The van der Waals surface area contributed by atoms with E-state index < -0.39 is 5.97 Å². The summed E-state index contributed by atoms with van der Waals surface area (Å²) in [5, 5.41) is 11.8. The first-order valence-corrected chi connectivity index (χ1v) is 6.81. The molecule has 1 fully saturated rings. The van der Waals surface area contributed by atoms with E-state index in [1.165, 1.54) is 38.5 Å². The van der Waals surface area contributed by atoms with Crippen molar-refractivity contribution in [1.82, 2.24) is 0 Å². The molecular weight excluding hydrogens is 258 g/mol. The van der Waals surface area contributed by atoms with Gasteiger partial charge in [0.2, 0.25) is 5.91 Å². The molecule has 0 radical (unpaired) electrons. The van der Waals surface area contributed by atoms with Gasteiger partial charge in [0.05, 0.1) is 7.11 Å². The first-order valence-electron chi connectivity index (χ1n) is 6.81. The molecule has 0 aliphatic heterocycles. The highest BCUT2D eigenvalue weighted by Gasteiger charge is 2.18. The van der Waals surface area contributed by atoms with Crippen LogP contribution >= 0.6 is 0 Å². The molecular formula is C15H19NO4. The summed E-state index contributed by atoms with van der Waals surface area (Å²) in [6.45, 7) is 0. The van der Waals surface area contributed by atoms with Crippen LogP contribution < -0.4 is 10.1 Å². The van der Waals surface area contributed by atoms with Crippen molar-refractivity contribution in [3.8, 4) is 5.75 Å². The van der Waals surface area contributed by atoms with Crippen LogP contribution in [0.15, 0.2) is 18.2 Å². The Morgan fingerprint density at radius 3 is 2.70 bits per heavy atom. The van der Waals surface area contributed by atoms with Crippen LogP contribution in [-0.4, -0.2) is 24.1 Å². The van der Waals surface area contributed by atoms with Crippen LogP contribution in [-0.2, 0) is 4.79 Å². The highest BCUT2D eigenvalue weighted by Crippen LogP contribution is 2.30. The lowest BCUT2D eigenvalue weighted by Crippen LogP contribution is -2.17. The minimum Gasteiger partial charge on any atom is -0.496 e. The molecule has 0 saturated heterocycles. The Morgan fingerprint density at radius 2 is 2.15 bits per heavy atom. The Balaban J connectivity index is 1.94. The lowest BCUT2D eigenvalue weighted by atomic mass is 9.82. The smallest absolute Gasteiger partial charge is 0.339 e. The van der Waals surface area contributed by atoms with Gasteiger partial charge < -0.3 is 15.2 Å². The molecule has 0 bridgehead atoms. The van der Waals surface area contributed by atoms with Crippen LogP contribution in [0.3, 0.4) is 0 Å². The molecule has 1 amide bonds. The molecule has 2 rings (SSSR count). The molecule has 0 atom stereocenters. The molecule has 2 N–H and O–H groups in total. The molecule has 1 aliphatic rings. The van der Waals surface area contributed by atoms with E-state index in [4.69, 9.17) is 9.84 Å². The maximum absolute atomic E-state index is 11.8. The molecule has 0 heterocycles. The number of ether oxygens (including phenoxy) is 1. The molecule has 0 unspecified atom stereocenters. The predicted octanol–water partition coefficient (Wildman–Crippen LogP) is 2.91. The summed E-state index contributed by atoms with van der Waals surface area (Å²) in [5.41, 5.74) is 0.644. The number of hydrogen-bond acceptors (Lipinski definition) is 3. The van der Waals surface area contributed by atoms with E-state index in [-0.39, 0.29) is 17.2 Å². The summed E-state index contributed by atoms with van der Waals surface area (Å²) in [7, 11) is 1.41. The monoisotopic (exact) mass is 277 g/mol. The summed E-state index contributed by atoms with van der Waals surface area (Å²) in [6, 6.07) is 4.54. The number of rotatable bonds is 6. The fraction of sp³-hybridized carbons (Fsp3) is 0.467. The number of carbonyl (C=O) groups is 2. The third-order valence-corrected chi connectivity index (χ3v) is 3.72. The molecule has 5 nitrogen and oxygen atoms in total. The molecule has 1 aromatic rings. The van der Waals surface area contributed by atoms with Gasteiger partial charge >= 0.3 is 5.97 Å². The second-order valence-electron chi connectivity index (χ2n) is 5.10. The van der Waals surface area contributed by atoms with Gasteiger partial charge in [-0.15, -0.1) is 0 Å². The van der Waals surface area contributed by atoms with Gasteiger partial charge in [0.25, 0.3) is 0 Å². The minimum absolute atomic E-state index is 0.0398. The van der Waals surface area contributed by atoms with Gasteiger partial charge in [-0.1, -0.05) is 19.3 Å². The van der Waals surface area contributed by atoms with Crippen LogP contribution in [0.2, 0.25) is 0 Å².